The molecule has 0 saturated carbocycles. The van der Waals surface area contributed by atoms with Crippen molar-refractivity contribution in [3.8, 4) is 11.5 Å². The normalized spacial score (nSPS) is 15.8. The van der Waals surface area contributed by atoms with E-state index in [0.29, 0.717) is 25.4 Å². The summed E-state index contributed by atoms with van der Waals surface area (Å²) >= 11 is 0. The van der Waals surface area contributed by atoms with Crippen LogP contribution in [0.4, 0.5) is 0 Å². The summed E-state index contributed by atoms with van der Waals surface area (Å²) in [6, 6.07) is 11.7. The second-order valence-corrected chi connectivity index (χ2v) is 9.46. The summed E-state index contributed by atoms with van der Waals surface area (Å²) in [6.45, 7) is 5.38. The third-order valence-electron chi connectivity index (χ3n) is 5.41. The second kappa shape index (κ2) is 10.2. The van der Waals surface area contributed by atoms with Crippen molar-refractivity contribution in [3.63, 3.8) is 0 Å². The average molecular weight is 447 g/mol. The predicted molar refractivity (Wildman–Crippen MR) is 119 cm³/mol. The Bertz CT molecular complexity index is 999. The minimum absolute atomic E-state index is 0.106. The van der Waals surface area contributed by atoms with Crippen molar-refractivity contribution >= 4 is 15.9 Å². The van der Waals surface area contributed by atoms with Gasteiger partial charge < -0.3 is 14.8 Å². The molecule has 1 amide bonds. The fraction of sp³-hybridized carbons (Fsp3) is 0.435. The van der Waals surface area contributed by atoms with Gasteiger partial charge >= 0.3 is 0 Å². The molecular formula is C23H30N2O5S. The molecule has 1 N–H and O–H groups in total. The third kappa shape index (κ3) is 5.37. The van der Waals surface area contributed by atoms with Gasteiger partial charge in [-0.15, -0.1) is 0 Å². The summed E-state index contributed by atoms with van der Waals surface area (Å²) in [6.07, 6.45) is 2.73. The fourth-order valence-corrected chi connectivity index (χ4v) is 5.20. The summed E-state index contributed by atoms with van der Waals surface area (Å²) in [5.74, 6) is 0.699. The zero-order valence-corrected chi connectivity index (χ0v) is 19.1. The molecule has 1 unspecified atom stereocenters. The van der Waals surface area contributed by atoms with Crippen LogP contribution in [0.15, 0.2) is 47.4 Å². The lowest BCUT2D eigenvalue weighted by Gasteiger charge is -2.26. The molecule has 1 aliphatic rings. The molecule has 7 nitrogen and oxygen atoms in total. The van der Waals surface area contributed by atoms with Crippen LogP contribution in [0.2, 0.25) is 0 Å². The number of piperidine rings is 1. The first kappa shape index (κ1) is 23.1. The maximum Gasteiger partial charge on any atom is 0.255 e. The minimum atomic E-state index is -3.65. The molecule has 0 radical (unpaired) electrons. The highest BCUT2D eigenvalue weighted by Crippen LogP contribution is 2.27. The van der Waals surface area contributed by atoms with Crippen LogP contribution in [0.5, 0.6) is 11.5 Å². The topological polar surface area (TPSA) is 84.9 Å². The molecule has 0 bridgehead atoms. The van der Waals surface area contributed by atoms with Gasteiger partial charge in [0.15, 0.2) is 0 Å². The number of hydrogen-bond donors (Lipinski definition) is 1. The van der Waals surface area contributed by atoms with Gasteiger partial charge in [0, 0.05) is 13.1 Å². The lowest BCUT2D eigenvalue weighted by molar-refractivity contribution is 0.0936. The van der Waals surface area contributed by atoms with Gasteiger partial charge in [-0.25, -0.2) is 8.42 Å². The van der Waals surface area contributed by atoms with E-state index in [1.165, 1.54) is 29.6 Å². The zero-order chi connectivity index (χ0) is 22.4. The van der Waals surface area contributed by atoms with E-state index in [-0.39, 0.29) is 16.5 Å². The molecule has 1 aliphatic heterocycles. The third-order valence-corrected chi connectivity index (χ3v) is 7.30. The molecule has 2 aromatic carbocycles. The first-order chi connectivity index (χ1) is 14.9. The monoisotopic (exact) mass is 446 g/mol. The van der Waals surface area contributed by atoms with E-state index in [4.69, 9.17) is 9.47 Å². The summed E-state index contributed by atoms with van der Waals surface area (Å²) in [7, 11) is -2.19. The van der Waals surface area contributed by atoms with Gasteiger partial charge in [0.1, 0.15) is 11.5 Å². The van der Waals surface area contributed by atoms with E-state index < -0.39 is 15.9 Å². The molecule has 1 fully saturated rings. The van der Waals surface area contributed by atoms with Crippen LogP contribution in [-0.2, 0) is 10.0 Å². The first-order valence-electron chi connectivity index (χ1n) is 10.6. The largest absolute Gasteiger partial charge is 0.496 e. The molecule has 0 aromatic heterocycles. The van der Waals surface area contributed by atoms with Gasteiger partial charge in [-0.1, -0.05) is 18.6 Å². The van der Waals surface area contributed by atoms with Gasteiger partial charge in [0.05, 0.1) is 30.2 Å². The highest BCUT2D eigenvalue weighted by molar-refractivity contribution is 7.89. The predicted octanol–water partition coefficient (Wildman–Crippen LogP) is 3.76. The van der Waals surface area contributed by atoms with E-state index in [1.54, 1.807) is 0 Å². The molecule has 2 aromatic rings. The molecule has 1 saturated heterocycles. The van der Waals surface area contributed by atoms with Gasteiger partial charge in [-0.05, 0) is 62.6 Å². The average Bonchev–Trinajstić information content (AvgIpc) is 2.79. The van der Waals surface area contributed by atoms with Gasteiger partial charge in [-0.3, -0.25) is 4.79 Å². The molecule has 3 rings (SSSR count). The quantitative estimate of drug-likeness (QED) is 0.667. The fourth-order valence-electron chi connectivity index (χ4n) is 3.66. The van der Waals surface area contributed by atoms with Gasteiger partial charge in [-0.2, -0.15) is 4.31 Å². The van der Waals surface area contributed by atoms with Crippen molar-refractivity contribution in [2.45, 2.75) is 44.0 Å². The van der Waals surface area contributed by atoms with Crippen molar-refractivity contribution in [1.29, 1.82) is 0 Å². The van der Waals surface area contributed by atoms with Crippen molar-refractivity contribution in [2.75, 3.05) is 26.8 Å². The standard InChI is InChI=1S/C23H30N2O5S/c1-4-30-19-10-8-18(9-11-19)17(2)24-23(26)21-16-20(12-13-22(21)29-3)31(27,28)25-14-6-5-7-15-25/h8-13,16-17H,4-7,14-15H2,1-3H3,(H,24,26). The highest BCUT2D eigenvalue weighted by atomic mass is 32.2. The SMILES string of the molecule is CCOc1ccc(C(C)NC(=O)c2cc(S(=O)(=O)N3CCCCC3)ccc2OC)cc1. The lowest BCUT2D eigenvalue weighted by atomic mass is 10.1. The van der Waals surface area contributed by atoms with Crippen LogP contribution in [0.25, 0.3) is 0 Å². The first-order valence-corrected chi connectivity index (χ1v) is 12.0. The number of hydrogen-bond acceptors (Lipinski definition) is 5. The summed E-state index contributed by atoms with van der Waals surface area (Å²) in [5.41, 5.74) is 1.10. The van der Waals surface area contributed by atoms with Crippen molar-refractivity contribution in [2.24, 2.45) is 0 Å². The molecule has 0 aliphatic carbocycles. The Kier molecular flexibility index (Phi) is 7.56. The van der Waals surface area contributed by atoms with E-state index in [1.807, 2.05) is 38.1 Å². The van der Waals surface area contributed by atoms with E-state index in [0.717, 1.165) is 30.6 Å². The molecule has 1 atom stereocenters. The number of nitrogens with zero attached hydrogens (tertiary/aromatic N) is 1. The van der Waals surface area contributed by atoms with E-state index in [9.17, 15) is 13.2 Å². The zero-order valence-electron chi connectivity index (χ0n) is 18.3. The van der Waals surface area contributed by atoms with Crippen LogP contribution in [0.1, 0.15) is 55.1 Å². The van der Waals surface area contributed by atoms with Gasteiger partial charge in [0.2, 0.25) is 10.0 Å². The maximum atomic E-state index is 13.0. The summed E-state index contributed by atoms with van der Waals surface area (Å²) < 4.78 is 38.3. The smallest absolute Gasteiger partial charge is 0.255 e. The van der Waals surface area contributed by atoms with Crippen LogP contribution in [0.3, 0.4) is 0 Å². The number of carbonyl (C=O) groups is 1. The molecule has 0 spiro atoms. The van der Waals surface area contributed by atoms with Gasteiger partial charge in [0.25, 0.3) is 5.91 Å². The Morgan fingerprint density at radius 3 is 2.39 bits per heavy atom. The van der Waals surface area contributed by atoms with Crippen LogP contribution in [-0.4, -0.2) is 45.4 Å². The number of carbonyl (C=O) groups excluding carboxylic acids is 1. The van der Waals surface area contributed by atoms with E-state index >= 15 is 0 Å². The Balaban J connectivity index is 1.81. The lowest BCUT2D eigenvalue weighted by Crippen LogP contribution is -2.35. The Morgan fingerprint density at radius 1 is 1.10 bits per heavy atom. The van der Waals surface area contributed by atoms with Crippen LogP contribution >= 0.6 is 0 Å². The molecule has 168 valence electrons. The number of benzene rings is 2. The molecule has 1 heterocycles. The summed E-state index contributed by atoms with van der Waals surface area (Å²) in [5, 5.41) is 2.93. The molecule has 8 heteroatoms. The second-order valence-electron chi connectivity index (χ2n) is 7.52. The number of sulfonamides is 1. The van der Waals surface area contributed by atoms with E-state index in [2.05, 4.69) is 5.32 Å². The van der Waals surface area contributed by atoms with Crippen LogP contribution in [0, 0.1) is 0 Å². The molecule has 31 heavy (non-hydrogen) atoms. The number of methoxy groups -OCH3 is 1. The Labute approximate surface area is 184 Å². The van der Waals surface area contributed by atoms with Crippen molar-refractivity contribution in [3.05, 3.63) is 53.6 Å². The van der Waals surface area contributed by atoms with Crippen LogP contribution < -0.4 is 14.8 Å². The highest BCUT2D eigenvalue weighted by Gasteiger charge is 2.28. The Hall–Kier alpha value is -2.58. The van der Waals surface area contributed by atoms with Crippen molar-refractivity contribution in [1.82, 2.24) is 9.62 Å². The number of ether oxygens (including phenoxy) is 2. The number of nitrogens with one attached hydrogen (secondary N) is 1. The maximum absolute atomic E-state index is 13.0. The Morgan fingerprint density at radius 2 is 1.77 bits per heavy atom. The number of amides is 1. The molecular weight excluding hydrogens is 416 g/mol. The minimum Gasteiger partial charge on any atom is -0.496 e. The summed E-state index contributed by atoms with van der Waals surface area (Å²) in [4.78, 5) is 13.1. The number of rotatable bonds is 8. The van der Waals surface area contributed by atoms with Crippen molar-refractivity contribution < 1.29 is 22.7 Å².